The van der Waals surface area contributed by atoms with Crippen LogP contribution in [-0.4, -0.2) is 16.2 Å². The van der Waals surface area contributed by atoms with Crippen LogP contribution in [0.25, 0.3) is 0 Å². The summed E-state index contributed by atoms with van der Waals surface area (Å²) >= 11 is 5.66. The van der Waals surface area contributed by atoms with Gasteiger partial charge in [-0.2, -0.15) is 4.39 Å². The quantitative estimate of drug-likeness (QED) is 0.398. The third-order valence-electron chi connectivity index (χ3n) is 2.08. The molecule has 0 aliphatic carbocycles. The van der Waals surface area contributed by atoms with Crippen molar-refractivity contribution in [3.63, 3.8) is 0 Å². The highest BCUT2D eigenvalue weighted by Crippen LogP contribution is 2.21. The summed E-state index contributed by atoms with van der Waals surface area (Å²) in [5, 5.41) is 16.1. The van der Waals surface area contributed by atoms with Gasteiger partial charge in [0.1, 0.15) is 5.17 Å². The molecule has 7 nitrogen and oxygen atoms in total. The van der Waals surface area contributed by atoms with Crippen molar-refractivity contribution in [2.24, 2.45) is 11.1 Å². The fourth-order valence-electron chi connectivity index (χ4n) is 1.06. The minimum absolute atomic E-state index is 0.000954. The number of hydrogen-bond donors (Lipinski definition) is 1. The lowest BCUT2D eigenvalue weighted by Gasteiger charge is -2.04. The van der Waals surface area contributed by atoms with Crippen molar-refractivity contribution in [3.05, 3.63) is 34.1 Å². The number of nitrogens with zero attached hydrogens (tertiary/aromatic N) is 2. The fraction of sp³-hybridized carbons (Fsp3) is 0.273. The van der Waals surface area contributed by atoms with Crippen LogP contribution in [0.15, 0.2) is 23.4 Å². The second-order valence-electron chi connectivity index (χ2n) is 4.00. The molecule has 1 aromatic rings. The first kappa shape index (κ1) is 15.8. The van der Waals surface area contributed by atoms with Gasteiger partial charge in [0.25, 0.3) is 0 Å². The largest absolute Gasteiger partial charge is 0.437 e. The molecule has 0 saturated heterocycles. The molecule has 0 aliphatic heterocycles. The number of anilines is 1. The van der Waals surface area contributed by atoms with Gasteiger partial charge in [-0.25, -0.2) is 4.79 Å². The maximum atomic E-state index is 13.1. The van der Waals surface area contributed by atoms with Crippen molar-refractivity contribution in [3.8, 4) is 0 Å². The zero-order valence-electron chi connectivity index (χ0n) is 10.6. The van der Waals surface area contributed by atoms with E-state index in [-0.39, 0.29) is 16.8 Å². The van der Waals surface area contributed by atoms with Crippen molar-refractivity contribution in [2.45, 2.75) is 13.8 Å². The number of nitrogens with one attached hydrogen (secondary N) is 1. The molecule has 20 heavy (non-hydrogen) atoms. The standard InChI is InChI=1S/C11H11ClFN3O4/c1-6(2)10(12)15-20-11(17)14-7-3-4-8(13)9(5-7)16(18)19/h3-6H,1-2H3,(H,14,17)/b15-10+. The van der Waals surface area contributed by atoms with Gasteiger partial charge in [0.2, 0.25) is 5.82 Å². The minimum Gasteiger partial charge on any atom is -0.297 e. The minimum atomic E-state index is -1.00. The Bertz CT molecular complexity index is 563. The maximum absolute atomic E-state index is 13.1. The number of benzene rings is 1. The van der Waals surface area contributed by atoms with E-state index >= 15 is 0 Å². The first-order chi connectivity index (χ1) is 9.31. The summed E-state index contributed by atoms with van der Waals surface area (Å²) in [4.78, 5) is 25.4. The van der Waals surface area contributed by atoms with Gasteiger partial charge in [-0.15, -0.1) is 0 Å². The van der Waals surface area contributed by atoms with Gasteiger partial charge in [0.05, 0.1) is 10.6 Å². The van der Waals surface area contributed by atoms with Crippen molar-refractivity contribution in [2.75, 3.05) is 5.32 Å². The predicted molar refractivity (Wildman–Crippen MR) is 71.3 cm³/mol. The molecule has 1 amide bonds. The summed E-state index contributed by atoms with van der Waals surface area (Å²) in [6.45, 7) is 3.49. The predicted octanol–water partition coefficient (Wildman–Crippen LogP) is 3.49. The van der Waals surface area contributed by atoms with Crippen LogP contribution >= 0.6 is 11.6 Å². The average Bonchev–Trinajstić information content (AvgIpc) is 2.37. The number of rotatable bonds is 4. The van der Waals surface area contributed by atoms with Crippen LogP contribution in [0.1, 0.15) is 13.8 Å². The SMILES string of the molecule is CC(C)/C(Cl)=N\OC(=O)Nc1ccc(F)c([N+](=O)[O-])c1. The number of halogens is 2. The monoisotopic (exact) mass is 303 g/mol. The van der Waals surface area contributed by atoms with Crippen LogP contribution in [0, 0.1) is 21.8 Å². The number of nitro groups is 1. The molecular weight excluding hydrogens is 293 g/mol. The van der Waals surface area contributed by atoms with Crippen LogP contribution in [-0.2, 0) is 4.84 Å². The second-order valence-corrected chi connectivity index (χ2v) is 4.38. The van der Waals surface area contributed by atoms with Crippen LogP contribution < -0.4 is 5.32 Å². The van der Waals surface area contributed by atoms with Gasteiger partial charge in [-0.3, -0.25) is 20.3 Å². The van der Waals surface area contributed by atoms with Gasteiger partial charge in [-0.1, -0.05) is 30.6 Å². The molecule has 0 aliphatic rings. The Morgan fingerprint density at radius 3 is 2.75 bits per heavy atom. The molecule has 1 aromatic carbocycles. The summed E-state index contributed by atoms with van der Waals surface area (Å²) in [6, 6.07) is 2.87. The summed E-state index contributed by atoms with van der Waals surface area (Å²) < 4.78 is 13.1. The Balaban J connectivity index is 2.74. The number of carbonyl (C=O) groups excluding carboxylic acids is 1. The first-order valence-electron chi connectivity index (χ1n) is 5.46. The van der Waals surface area contributed by atoms with E-state index in [2.05, 4.69) is 15.3 Å². The Morgan fingerprint density at radius 2 is 2.20 bits per heavy atom. The Hall–Kier alpha value is -2.22. The molecule has 0 radical (unpaired) electrons. The fourth-order valence-corrected chi connectivity index (χ4v) is 1.10. The Labute approximate surface area is 118 Å². The molecule has 0 heterocycles. The van der Waals surface area contributed by atoms with Crippen molar-refractivity contribution < 1.29 is 18.9 Å². The molecule has 0 saturated carbocycles. The second kappa shape index (κ2) is 6.80. The lowest BCUT2D eigenvalue weighted by Crippen LogP contribution is -2.12. The zero-order chi connectivity index (χ0) is 15.3. The van der Waals surface area contributed by atoms with E-state index in [1.54, 1.807) is 13.8 Å². The van der Waals surface area contributed by atoms with Crippen LogP contribution in [0.5, 0.6) is 0 Å². The van der Waals surface area contributed by atoms with E-state index in [1.807, 2.05) is 0 Å². The summed E-state index contributed by atoms with van der Waals surface area (Å²) in [7, 11) is 0. The third kappa shape index (κ3) is 4.47. The lowest BCUT2D eigenvalue weighted by molar-refractivity contribution is -0.387. The Morgan fingerprint density at radius 1 is 1.55 bits per heavy atom. The first-order valence-corrected chi connectivity index (χ1v) is 5.84. The molecule has 0 aromatic heterocycles. The highest BCUT2D eigenvalue weighted by atomic mass is 35.5. The normalized spacial score (nSPS) is 11.3. The van der Waals surface area contributed by atoms with Crippen molar-refractivity contribution in [1.29, 1.82) is 0 Å². The highest BCUT2D eigenvalue weighted by molar-refractivity contribution is 6.65. The topological polar surface area (TPSA) is 93.8 Å². The van der Waals surface area contributed by atoms with E-state index in [0.717, 1.165) is 18.2 Å². The molecule has 1 rings (SSSR count). The van der Waals surface area contributed by atoms with E-state index in [4.69, 9.17) is 11.6 Å². The van der Waals surface area contributed by atoms with Crippen LogP contribution in [0.2, 0.25) is 0 Å². The maximum Gasteiger partial charge on any atom is 0.437 e. The van der Waals surface area contributed by atoms with E-state index in [0.29, 0.717) is 0 Å². The third-order valence-corrected chi connectivity index (χ3v) is 2.59. The molecular formula is C11H11ClFN3O4. The molecule has 0 fully saturated rings. The van der Waals surface area contributed by atoms with Gasteiger partial charge < -0.3 is 0 Å². The summed E-state index contributed by atoms with van der Waals surface area (Å²) in [6.07, 6.45) is -0.996. The number of carbonyl (C=O) groups is 1. The van der Waals surface area contributed by atoms with E-state index in [1.165, 1.54) is 0 Å². The number of hydrogen-bond acceptors (Lipinski definition) is 5. The smallest absolute Gasteiger partial charge is 0.297 e. The number of amides is 1. The van der Waals surface area contributed by atoms with Crippen molar-refractivity contribution in [1.82, 2.24) is 0 Å². The van der Waals surface area contributed by atoms with Gasteiger partial charge in [0.15, 0.2) is 0 Å². The van der Waals surface area contributed by atoms with Gasteiger partial charge in [-0.05, 0) is 12.1 Å². The number of nitro benzene ring substituents is 1. The molecule has 108 valence electrons. The average molecular weight is 304 g/mol. The number of oxime groups is 1. The van der Waals surface area contributed by atoms with Gasteiger partial charge >= 0.3 is 11.8 Å². The molecule has 0 atom stereocenters. The van der Waals surface area contributed by atoms with Crippen LogP contribution in [0.4, 0.5) is 20.6 Å². The van der Waals surface area contributed by atoms with Crippen molar-refractivity contribution >= 4 is 34.2 Å². The lowest BCUT2D eigenvalue weighted by atomic mass is 10.2. The zero-order valence-corrected chi connectivity index (χ0v) is 11.3. The summed E-state index contributed by atoms with van der Waals surface area (Å²) in [5.74, 6) is -1.12. The van der Waals surface area contributed by atoms with E-state index < -0.39 is 22.5 Å². The van der Waals surface area contributed by atoms with Gasteiger partial charge in [0, 0.05) is 12.0 Å². The molecule has 1 N–H and O–H groups in total. The molecule has 9 heteroatoms. The molecule has 0 bridgehead atoms. The van der Waals surface area contributed by atoms with Crippen LogP contribution in [0.3, 0.4) is 0 Å². The van der Waals surface area contributed by atoms with E-state index in [9.17, 15) is 19.3 Å². The molecule has 0 spiro atoms. The highest BCUT2D eigenvalue weighted by Gasteiger charge is 2.15. The molecule has 0 unspecified atom stereocenters. The summed E-state index contributed by atoms with van der Waals surface area (Å²) in [5.41, 5.74) is -0.759. The Kier molecular flexibility index (Phi) is 5.39.